The summed E-state index contributed by atoms with van der Waals surface area (Å²) in [5, 5.41) is 22.0. The molecule has 10 heteroatoms. The number of carbonyl (C=O) groups is 1. The molecule has 2 aliphatic heterocycles. The summed E-state index contributed by atoms with van der Waals surface area (Å²) in [6, 6.07) is 0. The van der Waals surface area contributed by atoms with Crippen LogP contribution < -0.4 is 15.0 Å². The number of aromatic nitrogens is 2. The van der Waals surface area contributed by atoms with Crippen LogP contribution in [0.3, 0.4) is 0 Å². The second-order valence-electron chi connectivity index (χ2n) is 6.28. The number of aliphatic hydroxyl groups is 2. The van der Waals surface area contributed by atoms with Gasteiger partial charge in [-0.1, -0.05) is 0 Å². The molecule has 0 bridgehead atoms. The van der Waals surface area contributed by atoms with Crippen LogP contribution in [-0.2, 0) is 9.53 Å². The Bertz CT molecular complexity index is 638. The lowest BCUT2D eigenvalue weighted by molar-refractivity contribution is -0.121. The van der Waals surface area contributed by atoms with Crippen LogP contribution in [0.15, 0.2) is 0 Å². The Hall–Kier alpha value is -2.01. The Labute approximate surface area is 151 Å². The molecular weight excluding hydrogens is 342 g/mol. The molecule has 3 N–H and O–H groups in total. The number of morpholine rings is 1. The van der Waals surface area contributed by atoms with Gasteiger partial charge in [0.2, 0.25) is 5.75 Å². The van der Waals surface area contributed by atoms with Crippen molar-refractivity contribution in [2.75, 3.05) is 69.4 Å². The molecule has 0 radical (unpaired) electrons. The molecule has 1 fully saturated rings. The van der Waals surface area contributed by atoms with E-state index in [2.05, 4.69) is 20.2 Å². The Kier molecular flexibility index (Phi) is 6.20. The van der Waals surface area contributed by atoms with Crippen molar-refractivity contribution < 1.29 is 24.5 Å². The van der Waals surface area contributed by atoms with E-state index < -0.39 is 12.7 Å². The van der Waals surface area contributed by atoms with Gasteiger partial charge in [-0.05, 0) is 6.92 Å². The maximum atomic E-state index is 12.2. The van der Waals surface area contributed by atoms with E-state index in [0.717, 1.165) is 32.8 Å². The van der Waals surface area contributed by atoms with Crippen LogP contribution in [0.25, 0.3) is 0 Å². The van der Waals surface area contributed by atoms with Crippen LogP contribution in [0.2, 0.25) is 0 Å². The first-order valence-electron chi connectivity index (χ1n) is 8.73. The van der Waals surface area contributed by atoms with E-state index in [-0.39, 0.29) is 19.1 Å². The van der Waals surface area contributed by atoms with Gasteiger partial charge < -0.3 is 25.0 Å². The van der Waals surface area contributed by atoms with Crippen LogP contribution in [0.1, 0.15) is 5.82 Å². The second kappa shape index (κ2) is 8.58. The standard InChI is InChI=1S/C16H25N5O5/c1-11-18-15(17-2-3-20-4-6-25-7-5-20)14-16(19-11)21(8-12(23)9-22)13(24)10-26-14/h12,22-23H,2-10H2,1H3,(H,17,18,19). The number of ether oxygens (including phenoxy) is 2. The fourth-order valence-electron chi connectivity index (χ4n) is 2.93. The number of hydrogen-bond donors (Lipinski definition) is 3. The molecule has 26 heavy (non-hydrogen) atoms. The lowest BCUT2D eigenvalue weighted by Gasteiger charge is -2.31. The van der Waals surface area contributed by atoms with Crippen LogP contribution in [0.4, 0.5) is 11.6 Å². The van der Waals surface area contributed by atoms with Crippen LogP contribution in [-0.4, -0.2) is 96.2 Å². The van der Waals surface area contributed by atoms with Crippen molar-refractivity contribution in [3.8, 4) is 5.75 Å². The van der Waals surface area contributed by atoms with Gasteiger partial charge in [-0.15, -0.1) is 0 Å². The first kappa shape index (κ1) is 18.8. The van der Waals surface area contributed by atoms with Crippen LogP contribution in [0, 0.1) is 6.92 Å². The Morgan fingerprint density at radius 2 is 2.08 bits per heavy atom. The molecule has 0 aromatic carbocycles. The predicted octanol–water partition coefficient (Wildman–Crippen LogP) is -1.39. The fraction of sp³-hybridized carbons (Fsp3) is 0.688. The van der Waals surface area contributed by atoms with Crippen molar-refractivity contribution in [2.24, 2.45) is 0 Å². The summed E-state index contributed by atoms with van der Waals surface area (Å²) in [6.07, 6.45) is -1.04. The molecule has 1 aromatic heterocycles. The van der Waals surface area contributed by atoms with Crippen molar-refractivity contribution in [1.29, 1.82) is 0 Å². The lowest BCUT2D eigenvalue weighted by Crippen LogP contribution is -2.45. The van der Waals surface area contributed by atoms with E-state index in [1.807, 2.05) is 0 Å². The van der Waals surface area contributed by atoms with E-state index in [0.29, 0.717) is 29.8 Å². The van der Waals surface area contributed by atoms with E-state index >= 15 is 0 Å². The average molecular weight is 367 g/mol. The summed E-state index contributed by atoms with van der Waals surface area (Å²) in [5.41, 5.74) is 0. The first-order chi connectivity index (χ1) is 12.6. The highest BCUT2D eigenvalue weighted by Crippen LogP contribution is 2.36. The number of aliphatic hydroxyl groups excluding tert-OH is 2. The van der Waals surface area contributed by atoms with Gasteiger partial charge in [0.25, 0.3) is 5.91 Å². The maximum Gasteiger partial charge on any atom is 0.266 e. The third-order valence-corrected chi connectivity index (χ3v) is 4.28. The number of amides is 1. The Balaban J connectivity index is 1.73. The highest BCUT2D eigenvalue weighted by molar-refractivity contribution is 5.97. The molecule has 0 aliphatic carbocycles. The minimum absolute atomic E-state index is 0.0463. The number of rotatable bonds is 7. The maximum absolute atomic E-state index is 12.2. The molecule has 3 heterocycles. The van der Waals surface area contributed by atoms with Crippen molar-refractivity contribution >= 4 is 17.5 Å². The summed E-state index contributed by atoms with van der Waals surface area (Å²) in [4.78, 5) is 24.5. The zero-order valence-corrected chi connectivity index (χ0v) is 14.8. The molecule has 1 unspecified atom stereocenters. The van der Waals surface area contributed by atoms with Crippen LogP contribution >= 0.6 is 0 Å². The SMILES string of the molecule is Cc1nc(NCCN2CCOCC2)c2c(n1)N(CC(O)CO)C(=O)CO2. The molecular formula is C16H25N5O5. The Morgan fingerprint density at radius 3 is 2.81 bits per heavy atom. The third kappa shape index (κ3) is 4.39. The number of carbonyl (C=O) groups excluding carboxylic acids is 1. The molecule has 1 saturated heterocycles. The number of nitrogens with one attached hydrogen (secondary N) is 1. The lowest BCUT2D eigenvalue weighted by atomic mass is 10.2. The fourth-order valence-corrected chi connectivity index (χ4v) is 2.93. The van der Waals surface area contributed by atoms with Gasteiger partial charge >= 0.3 is 0 Å². The normalized spacial score (nSPS) is 19.0. The number of β-amino-alcohol motifs (C(OH)–C–C–N with tert-alkyl or cyclic N) is 1. The van der Waals surface area contributed by atoms with Gasteiger partial charge in [0.1, 0.15) is 5.82 Å². The smallest absolute Gasteiger partial charge is 0.266 e. The van der Waals surface area contributed by atoms with Crippen molar-refractivity contribution in [3.05, 3.63) is 5.82 Å². The summed E-state index contributed by atoms with van der Waals surface area (Å²) in [6.45, 7) is 5.89. The van der Waals surface area contributed by atoms with Crippen molar-refractivity contribution in [1.82, 2.24) is 14.9 Å². The van der Waals surface area contributed by atoms with Gasteiger partial charge in [-0.25, -0.2) is 9.97 Å². The molecule has 1 aromatic rings. The van der Waals surface area contributed by atoms with Gasteiger partial charge in [0.05, 0.1) is 32.5 Å². The van der Waals surface area contributed by atoms with Gasteiger partial charge in [-0.2, -0.15) is 0 Å². The summed E-state index contributed by atoms with van der Waals surface area (Å²) >= 11 is 0. The largest absolute Gasteiger partial charge is 0.476 e. The van der Waals surface area contributed by atoms with Gasteiger partial charge in [0, 0.05) is 26.2 Å². The van der Waals surface area contributed by atoms with Crippen LogP contribution in [0.5, 0.6) is 5.75 Å². The van der Waals surface area contributed by atoms with Crippen molar-refractivity contribution in [2.45, 2.75) is 13.0 Å². The zero-order valence-electron chi connectivity index (χ0n) is 14.8. The summed E-state index contributed by atoms with van der Waals surface area (Å²) in [7, 11) is 0. The van der Waals surface area contributed by atoms with E-state index in [4.69, 9.17) is 14.6 Å². The molecule has 3 rings (SSSR count). The number of anilines is 2. The molecule has 2 aliphatic rings. The number of fused-ring (bicyclic) bond motifs is 1. The monoisotopic (exact) mass is 367 g/mol. The highest BCUT2D eigenvalue weighted by Gasteiger charge is 2.31. The summed E-state index contributed by atoms with van der Waals surface area (Å²) in [5.74, 6) is 1.40. The molecule has 1 atom stereocenters. The number of aryl methyl sites for hydroxylation is 1. The molecule has 0 saturated carbocycles. The zero-order chi connectivity index (χ0) is 18.5. The minimum atomic E-state index is -1.04. The topological polar surface area (TPSA) is 120 Å². The minimum Gasteiger partial charge on any atom is -0.476 e. The third-order valence-electron chi connectivity index (χ3n) is 4.28. The molecule has 0 spiro atoms. The predicted molar refractivity (Wildman–Crippen MR) is 93.5 cm³/mol. The average Bonchev–Trinajstić information content (AvgIpc) is 2.64. The second-order valence-corrected chi connectivity index (χ2v) is 6.28. The Morgan fingerprint density at radius 1 is 1.31 bits per heavy atom. The number of hydrogen-bond acceptors (Lipinski definition) is 9. The summed E-state index contributed by atoms with van der Waals surface area (Å²) < 4.78 is 10.9. The van der Waals surface area contributed by atoms with Gasteiger partial charge in [0.15, 0.2) is 18.2 Å². The molecule has 1 amide bonds. The van der Waals surface area contributed by atoms with E-state index in [1.165, 1.54) is 4.90 Å². The van der Waals surface area contributed by atoms with E-state index in [1.54, 1.807) is 6.92 Å². The highest BCUT2D eigenvalue weighted by atomic mass is 16.5. The van der Waals surface area contributed by atoms with Crippen molar-refractivity contribution in [3.63, 3.8) is 0 Å². The quantitative estimate of drug-likeness (QED) is 0.535. The number of nitrogens with zero attached hydrogens (tertiary/aromatic N) is 4. The first-order valence-corrected chi connectivity index (χ1v) is 8.73. The van der Waals surface area contributed by atoms with Gasteiger partial charge in [-0.3, -0.25) is 14.6 Å². The van der Waals surface area contributed by atoms with E-state index in [9.17, 15) is 9.90 Å². The molecule has 10 nitrogen and oxygen atoms in total. The molecule has 144 valence electrons.